The van der Waals surface area contributed by atoms with Gasteiger partial charge >= 0.3 is 0 Å². The summed E-state index contributed by atoms with van der Waals surface area (Å²) >= 11 is 0. The zero-order chi connectivity index (χ0) is 11.8. The molecule has 0 aromatic rings. The molecule has 2 saturated carbocycles. The number of carbonyl (C=O) groups is 1. The van der Waals surface area contributed by atoms with Crippen LogP contribution < -0.4 is 16.8 Å². The van der Waals surface area contributed by atoms with Crippen LogP contribution in [0.15, 0.2) is 0 Å². The van der Waals surface area contributed by atoms with E-state index in [1.54, 1.807) is 0 Å². The Kier molecular flexibility index (Phi) is 3.22. The number of carbonyl (C=O) groups excluding carboxylic acids is 1. The summed E-state index contributed by atoms with van der Waals surface area (Å²) < 4.78 is 0. The van der Waals surface area contributed by atoms with Crippen LogP contribution in [0, 0.1) is 5.92 Å². The smallest absolute Gasteiger partial charge is 0.240 e. The predicted molar refractivity (Wildman–Crippen MR) is 63.7 cm³/mol. The number of hydrogen-bond acceptors (Lipinski definition) is 3. The lowest BCUT2D eigenvalue weighted by Crippen LogP contribution is -2.56. The zero-order valence-electron chi connectivity index (χ0n) is 10.0. The van der Waals surface area contributed by atoms with Crippen molar-refractivity contribution in [3.63, 3.8) is 0 Å². The molecule has 5 N–H and O–H groups in total. The molecule has 4 nitrogen and oxygen atoms in total. The molecule has 2 aliphatic rings. The molecule has 4 heteroatoms. The third-order valence-corrected chi connectivity index (χ3v) is 4.02. The van der Waals surface area contributed by atoms with Crippen LogP contribution in [0.4, 0.5) is 0 Å². The van der Waals surface area contributed by atoms with Gasteiger partial charge in [0.25, 0.3) is 0 Å². The molecule has 1 atom stereocenters. The Morgan fingerprint density at radius 1 is 1.19 bits per heavy atom. The number of hydrogen-bond donors (Lipinski definition) is 3. The van der Waals surface area contributed by atoms with Gasteiger partial charge in [-0.15, -0.1) is 0 Å². The third kappa shape index (κ3) is 2.55. The molecule has 0 bridgehead atoms. The van der Waals surface area contributed by atoms with Crippen LogP contribution >= 0.6 is 0 Å². The van der Waals surface area contributed by atoms with Crippen LogP contribution in [0.1, 0.15) is 45.4 Å². The van der Waals surface area contributed by atoms with E-state index in [4.69, 9.17) is 11.5 Å². The highest BCUT2D eigenvalue weighted by Gasteiger charge is 2.44. The Balaban J connectivity index is 1.82. The second-order valence-corrected chi connectivity index (χ2v) is 5.64. The van der Waals surface area contributed by atoms with Gasteiger partial charge in [-0.25, -0.2) is 0 Å². The van der Waals surface area contributed by atoms with Gasteiger partial charge in [0.15, 0.2) is 0 Å². The normalized spacial score (nSPS) is 34.2. The fourth-order valence-corrected chi connectivity index (χ4v) is 2.47. The van der Waals surface area contributed by atoms with Gasteiger partial charge < -0.3 is 16.8 Å². The number of nitrogens with two attached hydrogens (primary N) is 2. The lowest BCUT2D eigenvalue weighted by Gasteiger charge is -2.31. The minimum absolute atomic E-state index is 0.0236. The standard InChI is InChI=1S/C12H23N3O/c1-12(14,8-2-3-8)11(16)15-10-6-4-9(13)5-7-10/h8-10H,2-7,13-14H2,1H3,(H,15,16). The first kappa shape index (κ1) is 11.9. The average molecular weight is 225 g/mol. The van der Waals surface area contributed by atoms with Crippen LogP contribution in [0.2, 0.25) is 0 Å². The number of rotatable bonds is 3. The van der Waals surface area contributed by atoms with Crippen LogP contribution in [0.25, 0.3) is 0 Å². The van der Waals surface area contributed by atoms with E-state index >= 15 is 0 Å². The third-order valence-electron chi connectivity index (χ3n) is 4.02. The molecule has 0 radical (unpaired) electrons. The summed E-state index contributed by atoms with van der Waals surface area (Å²) in [7, 11) is 0. The van der Waals surface area contributed by atoms with E-state index in [9.17, 15) is 4.79 Å². The summed E-state index contributed by atoms with van der Waals surface area (Å²) in [5, 5.41) is 3.08. The van der Waals surface area contributed by atoms with Gasteiger partial charge in [-0.1, -0.05) is 0 Å². The summed E-state index contributed by atoms with van der Waals surface area (Å²) in [6.45, 7) is 1.86. The fourth-order valence-electron chi connectivity index (χ4n) is 2.47. The summed E-state index contributed by atoms with van der Waals surface area (Å²) in [4.78, 5) is 12.0. The molecule has 1 amide bonds. The Morgan fingerprint density at radius 3 is 2.25 bits per heavy atom. The maximum atomic E-state index is 12.0. The summed E-state index contributed by atoms with van der Waals surface area (Å²) in [6.07, 6.45) is 6.19. The van der Waals surface area contributed by atoms with Crippen LogP contribution in [0.3, 0.4) is 0 Å². The highest BCUT2D eigenvalue weighted by molar-refractivity contribution is 5.86. The second-order valence-electron chi connectivity index (χ2n) is 5.64. The van der Waals surface area contributed by atoms with Crippen molar-refractivity contribution in [3.05, 3.63) is 0 Å². The first-order valence-electron chi connectivity index (χ1n) is 6.35. The average Bonchev–Trinajstić information content (AvgIpc) is 3.05. The second kappa shape index (κ2) is 4.34. The molecule has 0 aliphatic heterocycles. The van der Waals surface area contributed by atoms with E-state index in [0.717, 1.165) is 38.5 Å². The lowest BCUT2D eigenvalue weighted by atomic mass is 9.90. The van der Waals surface area contributed by atoms with Crippen molar-refractivity contribution in [2.24, 2.45) is 17.4 Å². The van der Waals surface area contributed by atoms with E-state index in [1.165, 1.54) is 0 Å². The Labute approximate surface area is 97.1 Å². The van der Waals surface area contributed by atoms with E-state index in [-0.39, 0.29) is 11.9 Å². The Morgan fingerprint density at radius 2 is 1.75 bits per heavy atom. The van der Waals surface area contributed by atoms with Gasteiger partial charge in [0.2, 0.25) is 5.91 Å². The lowest BCUT2D eigenvalue weighted by molar-refractivity contribution is -0.127. The molecule has 92 valence electrons. The summed E-state index contributed by atoms with van der Waals surface area (Å²) in [6, 6.07) is 0.606. The van der Waals surface area contributed by atoms with Crippen molar-refractivity contribution < 1.29 is 4.79 Å². The molecule has 0 spiro atoms. The van der Waals surface area contributed by atoms with E-state index in [2.05, 4.69) is 5.32 Å². The Hall–Kier alpha value is -0.610. The Bertz CT molecular complexity index is 265. The van der Waals surface area contributed by atoms with E-state index in [0.29, 0.717) is 12.0 Å². The van der Waals surface area contributed by atoms with Crippen molar-refractivity contribution >= 4 is 5.91 Å². The van der Waals surface area contributed by atoms with E-state index in [1.807, 2.05) is 6.92 Å². The first-order valence-corrected chi connectivity index (χ1v) is 6.35. The fraction of sp³-hybridized carbons (Fsp3) is 0.917. The molecular weight excluding hydrogens is 202 g/mol. The highest BCUT2D eigenvalue weighted by Crippen LogP contribution is 2.38. The van der Waals surface area contributed by atoms with Gasteiger partial charge in [-0.05, 0) is 51.4 Å². The quantitative estimate of drug-likeness (QED) is 0.654. The SMILES string of the molecule is CC(N)(C(=O)NC1CCC(N)CC1)C1CC1. The van der Waals surface area contributed by atoms with Crippen molar-refractivity contribution in [1.82, 2.24) is 5.32 Å². The molecule has 2 fully saturated rings. The maximum Gasteiger partial charge on any atom is 0.240 e. The van der Waals surface area contributed by atoms with Crippen molar-refractivity contribution in [1.29, 1.82) is 0 Å². The zero-order valence-corrected chi connectivity index (χ0v) is 10.0. The molecule has 0 aromatic heterocycles. The summed E-state index contributed by atoms with van der Waals surface area (Å²) in [5.74, 6) is 0.411. The highest BCUT2D eigenvalue weighted by atomic mass is 16.2. The monoisotopic (exact) mass is 225 g/mol. The largest absolute Gasteiger partial charge is 0.352 e. The minimum atomic E-state index is -0.667. The van der Waals surface area contributed by atoms with Gasteiger partial charge in [0, 0.05) is 12.1 Å². The van der Waals surface area contributed by atoms with Crippen LogP contribution in [-0.4, -0.2) is 23.5 Å². The molecule has 2 aliphatic carbocycles. The van der Waals surface area contributed by atoms with Crippen molar-refractivity contribution in [3.8, 4) is 0 Å². The number of nitrogens with one attached hydrogen (secondary N) is 1. The van der Waals surface area contributed by atoms with Crippen LogP contribution in [0.5, 0.6) is 0 Å². The molecule has 0 aromatic carbocycles. The number of amides is 1. The van der Waals surface area contributed by atoms with Gasteiger partial charge in [-0.2, -0.15) is 0 Å². The van der Waals surface area contributed by atoms with Gasteiger partial charge in [0.05, 0.1) is 5.54 Å². The topological polar surface area (TPSA) is 81.1 Å². The predicted octanol–water partition coefficient (Wildman–Crippen LogP) is 0.500. The van der Waals surface area contributed by atoms with Crippen molar-refractivity contribution in [2.75, 3.05) is 0 Å². The van der Waals surface area contributed by atoms with E-state index < -0.39 is 5.54 Å². The summed E-state index contributed by atoms with van der Waals surface area (Å²) in [5.41, 5.74) is 11.2. The van der Waals surface area contributed by atoms with Gasteiger partial charge in [-0.3, -0.25) is 4.79 Å². The molecular formula is C12H23N3O. The molecule has 0 saturated heterocycles. The van der Waals surface area contributed by atoms with Crippen LogP contribution in [-0.2, 0) is 4.79 Å². The molecule has 16 heavy (non-hydrogen) atoms. The maximum absolute atomic E-state index is 12.0. The molecule has 1 unspecified atom stereocenters. The van der Waals surface area contributed by atoms with Crippen molar-refractivity contribution in [2.45, 2.75) is 63.1 Å². The molecule has 0 heterocycles. The molecule has 2 rings (SSSR count). The minimum Gasteiger partial charge on any atom is -0.352 e. The first-order chi connectivity index (χ1) is 7.50. The van der Waals surface area contributed by atoms with Gasteiger partial charge in [0.1, 0.15) is 0 Å².